The number of rotatable bonds is 3. The van der Waals surface area contributed by atoms with Crippen molar-refractivity contribution >= 4 is 33.7 Å². The fourth-order valence-corrected chi connectivity index (χ4v) is 3.22. The van der Waals surface area contributed by atoms with Crippen LogP contribution in [0.25, 0.3) is 21.5 Å². The molecular weight excluding hydrogens is 348 g/mol. The molecule has 1 heterocycles. The van der Waals surface area contributed by atoms with Crippen LogP contribution in [0, 0.1) is 0 Å². The lowest BCUT2D eigenvalue weighted by atomic mass is 9.92. The Bertz CT molecular complexity index is 1140. The van der Waals surface area contributed by atoms with Crippen LogP contribution in [-0.2, 0) is 5.41 Å². The molecule has 28 heavy (non-hydrogen) atoms. The van der Waals surface area contributed by atoms with Gasteiger partial charge in [-0.05, 0) is 33.7 Å². The maximum Gasteiger partial charge on any atom is 0.291 e. The lowest BCUT2D eigenvalue weighted by Crippen LogP contribution is -2.18. The Hall–Kier alpha value is -3.47. The van der Waals surface area contributed by atoms with Crippen LogP contribution in [0.3, 0.4) is 0 Å². The highest BCUT2D eigenvalue weighted by Crippen LogP contribution is 2.27. The van der Waals surface area contributed by atoms with Crippen LogP contribution in [0.4, 0.5) is 0 Å². The summed E-state index contributed by atoms with van der Waals surface area (Å²) in [6.07, 6.45) is 1.71. The molecule has 0 bridgehead atoms. The van der Waals surface area contributed by atoms with E-state index >= 15 is 0 Å². The van der Waals surface area contributed by atoms with Crippen molar-refractivity contribution in [1.29, 1.82) is 0 Å². The molecule has 0 saturated heterocycles. The van der Waals surface area contributed by atoms with Gasteiger partial charge in [-0.15, -0.1) is 0 Å². The topological polar surface area (TPSA) is 70.1 Å². The number of nitrogens with one attached hydrogen (secondary N) is 2. The number of carbonyl (C=O) groups is 1. The molecule has 0 fully saturated rings. The summed E-state index contributed by atoms with van der Waals surface area (Å²) in [6, 6.07) is 20.3. The molecule has 0 radical (unpaired) electrons. The van der Waals surface area contributed by atoms with Gasteiger partial charge in [0.15, 0.2) is 5.69 Å². The van der Waals surface area contributed by atoms with Gasteiger partial charge in [0.1, 0.15) is 0 Å². The molecule has 4 aromatic rings. The van der Waals surface area contributed by atoms with Gasteiger partial charge in [-0.2, -0.15) is 10.2 Å². The number of nitrogens with zero attached hydrogens (tertiary/aromatic N) is 2. The predicted octanol–water partition coefficient (Wildman–Crippen LogP) is 4.78. The molecule has 0 aliphatic heterocycles. The maximum absolute atomic E-state index is 12.4. The van der Waals surface area contributed by atoms with E-state index in [9.17, 15) is 4.79 Å². The van der Waals surface area contributed by atoms with E-state index in [1.165, 1.54) is 0 Å². The zero-order valence-electron chi connectivity index (χ0n) is 16.2. The maximum atomic E-state index is 12.4. The molecule has 1 amide bonds. The second-order valence-electron chi connectivity index (χ2n) is 7.85. The first kappa shape index (κ1) is 17.9. The summed E-state index contributed by atoms with van der Waals surface area (Å²) < 4.78 is 0. The minimum atomic E-state index is -0.340. The normalized spacial score (nSPS) is 12.1. The minimum Gasteiger partial charge on any atom is -0.281 e. The molecule has 5 heteroatoms. The number of fused-ring (bicyclic) bond motifs is 2. The number of hydrogen-bond donors (Lipinski definition) is 2. The van der Waals surface area contributed by atoms with Gasteiger partial charge in [-0.3, -0.25) is 9.89 Å². The molecule has 1 aromatic heterocycles. The molecule has 5 nitrogen and oxygen atoms in total. The van der Waals surface area contributed by atoms with Crippen LogP contribution in [0.1, 0.15) is 42.5 Å². The van der Waals surface area contributed by atoms with E-state index in [4.69, 9.17) is 0 Å². The number of benzene rings is 3. The number of carbonyl (C=O) groups excluding carboxylic acids is 1. The minimum absolute atomic E-state index is 0.101. The molecule has 0 spiro atoms. The standard InChI is InChI=1S/C23H22N4O/c1-23(2,3)21-13-20(25-26-21)22(28)27-24-14-19-17-10-6-4-8-15(17)12-16-9-5-7-11-18(16)19/h4-14H,1-3H3,(H,25,26)(H,27,28)/b24-14-. The Labute approximate surface area is 163 Å². The van der Waals surface area contributed by atoms with Gasteiger partial charge in [0.05, 0.1) is 6.21 Å². The van der Waals surface area contributed by atoms with Crippen molar-refractivity contribution in [2.75, 3.05) is 0 Å². The van der Waals surface area contributed by atoms with Gasteiger partial charge in [-0.25, -0.2) is 5.43 Å². The molecule has 0 unspecified atom stereocenters. The van der Waals surface area contributed by atoms with E-state index in [-0.39, 0.29) is 11.3 Å². The van der Waals surface area contributed by atoms with Crippen LogP contribution in [0.5, 0.6) is 0 Å². The van der Waals surface area contributed by atoms with Crippen LogP contribution in [0.15, 0.2) is 65.8 Å². The van der Waals surface area contributed by atoms with E-state index in [2.05, 4.69) is 71.8 Å². The van der Waals surface area contributed by atoms with Crippen molar-refractivity contribution in [2.24, 2.45) is 5.10 Å². The second kappa shape index (κ2) is 6.93. The summed E-state index contributed by atoms with van der Waals surface area (Å²) >= 11 is 0. The molecule has 2 N–H and O–H groups in total. The Balaban J connectivity index is 1.65. The lowest BCUT2D eigenvalue weighted by Gasteiger charge is -2.14. The van der Waals surface area contributed by atoms with Gasteiger partial charge in [0, 0.05) is 16.7 Å². The average molecular weight is 370 g/mol. The number of aromatic amines is 1. The Kier molecular flexibility index (Phi) is 4.43. The molecule has 0 aliphatic carbocycles. The molecular formula is C23H22N4O. The average Bonchev–Trinajstić information content (AvgIpc) is 3.18. The Morgan fingerprint density at radius 3 is 2.18 bits per heavy atom. The van der Waals surface area contributed by atoms with Crippen LogP contribution >= 0.6 is 0 Å². The smallest absolute Gasteiger partial charge is 0.281 e. The molecule has 4 rings (SSSR count). The zero-order valence-corrected chi connectivity index (χ0v) is 16.2. The fraction of sp³-hybridized carbons (Fsp3) is 0.174. The lowest BCUT2D eigenvalue weighted by molar-refractivity contribution is 0.0950. The number of hydrazone groups is 1. The van der Waals surface area contributed by atoms with Crippen molar-refractivity contribution in [3.05, 3.63) is 77.6 Å². The third-order valence-electron chi connectivity index (χ3n) is 4.79. The van der Waals surface area contributed by atoms with Gasteiger partial charge in [0.2, 0.25) is 0 Å². The highest BCUT2D eigenvalue weighted by molar-refractivity contribution is 6.13. The Morgan fingerprint density at radius 1 is 1.00 bits per heavy atom. The first-order chi connectivity index (χ1) is 13.4. The summed E-state index contributed by atoms with van der Waals surface area (Å²) in [5.74, 6) is -0.340. The second-order valence-corrected chi connectivity index (χ2v) is 7.85. The van der Waals surface area contributed by atoms with Gasteiger partial charge in [0.25, 0.3) is 5.91 Å². The van der Waals surface area contributed by atoms with Gasteiger partial charge in [-0.1, -0.05) is 69.3 Å². The van der Waals surface area contributed by atoms with E-state index < -0.39 is 0 Å². The van der Waals surface area contributed by atoms with E-state index in [0.717, 1.165) is 32.8 Å². The molecule has 0 aliphatic rings. The van der Waals surface area contributed by atoms with Gasteiger partial charge < -0.3 is 0 Å². The van der Waals surface area contributed by atoms with Crippen LogP contribution < -0.4 is 5.43 Å². The highest BCUT2D eigenvalue weighted by Gasteiger charge is 2.19. The largest absolute Gasteiger partial charge is 0.291 e. The summed E-state index contributed by atoms with van der Waals surface area (Å²) in [5, 5.41) is 15.7. The number of H-pyrrole nitrogens is 1. The summed E-state index contributed by atoms with van der Waals surface area (Å²) in [7, 11) is 0. The van der Waals surface area contributed by atoms with Crippen molar-refractivity contribution in [3.63, 3.8) is 0 Å². The summed E-state index contributed by atoms with van der Waals surface area (Å²) in [4.78, 5) is 12.4. The molecule has 3 aromatic carbocycles. The zero-order chi connectivity index (χ0) is 19.7. The fourth-order valence-electron chi connectivity index (χ4n) is 3.22. The van der Waals surface area contributed by atoms with E-state index in [1.54, 1.807) is 12.3 Å². The third-order valence-corrected chi connectivity index (χ3v) is 4.79. The van der Waals surface area contributed by atoms with Crippen molar-refractivity contribution in [2.45, 2.75) is 26.2 Å². The number of amides is 1. The summed E-state index contributed by atoms with van der Waals surface area (Å²) in [6.45, 7) is 6.18. The monoisotopic (exact) mass is 370 g/mol. The van der Waals surface area contributed by atoms with E-state index in [1.807, 2.05) is 24.3 Å². The third kappa shape index (κ3) is 3.39. The first-order valence-corrected chi connectivity index (χ1v) is 9.23. The SMILES string of the molecule is CC(C)(C)c1cc(C(=O)N/N=C\c2c3ccccc3cc3ccccc23)n[nH]1. The van der Waals surface area contributed by atoms with Crippen molar-refractivity contribution in [3.8, 4) is 0 Å². The Morgan fingerprint density at radius 2 is 1.61 bits per heavy atom. The number of aromatic nitrogens is 2. The predicted molar refractivity (Wildman–Crippen MR) is 114 cm³/mol. The van der Waals surface area contributed by atoms with Crippen LogP contribution in [-0.4, -0.2) is 22.3 Å². The van der Waals surface area contributed by atoms with Gasteiger partial charge >= 0.3 is 0 Å². The van der Waals surface area contributed by atoms with Crippen molar-refractivity contribution in [1.82, 2.24) is 15.6 Å². The molecule has 0 atom stereocenters. The van der Waals surface area contributed by atoms with Crippen molar-refractivity contribution < 1.29 is 4.79 Å². The van der Waals surface area contributed by atoms with E-state index in [0.29, 0.717) is 5.69 Å². The van der Waals surface area contributed by atoms with Crippen LogP contribution in [0.2, 0.25) is 0 Å². The number of hydrogen-bond acceptors (Lipinski definition) is 3. The summed E-state index contributed by atoms with van der Waals surface area (Å²) in [5.41, 5.74) is 4.70. The molecule has 140 valence electrons. The quantitative estimate of drug-likeness (QED) is 0.310. The molecule has 0 saturated carbocycles. The first-order valence-electron chi connectivity index (χ1n) is 9.23. The highest BCUT2D eigenvalue weighted by atomic mass is 16.2.